The van der Waals surface area contributed by atoms with Crippen molar-refractivity contribution in [3.05, 3.63) is 72.9 Å². The minimum absolute atomic E-state index is 0.0706. The third kappa shape index (κ3) is 41.9. The number of hydrogen-bond donors (Lipinski definition) is 4. The van der Waals surface area contributed by atoms with E-state index in [0.717, 1.165) is 57.8 Å². The van der Waals surface area contributed by atoms with Gasteiger partial charge in [0.2, 0.25) is 0 Å². The fourth-order valence-electron chi connectivity index (χ4n) is 5.23. The number of phosphoric acid groups is 2. The van der Waals surface area contributed by atoms with Crippen LogP contribution in [0.5, 0.6) is 0 Å². The number of esters is 2. The van der Waals surface area contributed by atoms with Gasteiger partial charge < -0.3 is 29.3 Å². The molecule has 14 nitrogen and oxygen atoms in total. The van der Waals surface area contributed by atoms with Crippen LogP contribution in [0.25, 0.3) is 0 Å². The Kier molecular flexibility index (Phi) is 37.3. The van der Waals surface area contributed by atoms with Crippen LogP contribution in [0.2, 0.25) is 0 Å². The van der Waals surface area contributed by atoms with Gasteiger partial charge in [0.25, 0.3) is 0 Å². The molecule has 0 aromatic carbocycles. The molecule has 0 heterocycles. The summed E-state index contributed by atoms with van der Waals surface area (Å²) in [5, 5.41) is 9.73. The number of carbonyl (C=O) groups is 3. The number of unbranched alkanes of at least 4 members (excludes halogenated alkanes) is 12. The van der Waals surface area contributed by atoms with Crippen LogP contribution in [-0.4, -0.2) is 76.1 Å². The van der Waals surface area contributed by atoms with E-state index in [0.29, 0.717) is 6.42 Å². The van der Waals surface area contributed by atoms with Crippen LogP contribution in [0.15, 0.2) is 72.9 Å². The Morgan fingerprint density at radius 2 is 1.05 bits per heavy atom. The third-order valence-corrected chi connectivity index (χ3v) is 10.00. The number of carbonyl (C=O) groups excluding carboxylic acids is 3. The molecule has 4 N–H and O–H groups in total. The lowest BCUT2D eigenvalue weighted by atomic mass is 10.1. The Hall–Kier alpha value is -2.77. The van der Waals surface area contributed by atoms with Gasteiger partial charge in [0, 0.05) is 19.3 Å². The Morgan fingerprint density at radius 3 is 1.73 bits per heavy atom. The van der Waals surface area contributed by atoms with E-state index in [1.54, 1.807) is 12.2 Å². The van der Waals surface area contributed by atoms with Crippen molar-refractivity contribution in [1.29, 1.82) is 0 Å². The summed E-state index contributed by atoms with van der Waals surface area (Å²) in [7, 11) is -9.77. The van der Waals surface area contributed by atoms with Crippen molar-refractivity contribution < 1.29 is 66.3 Å². The van der Waals surface area contributed by atoms with E-state index in [9.17, 15) is 33.5 Å². The molecule has 0 spiro atoms. The van der Waals surface area contributed by atoms with E-state index < -0.39 is 66.2 Å². The zero-order valence-electron chi connectivity index (χ0n) is 36.0. The molecular weight excluding hydrogens is 814 g/mol. The van der Waals surface area contributed by atoms with Crippen LogP contribution in [0.3, 0.4) is 0 Å². The summed E-state index contributed by atoms with van der Waals surface area (Å²) in [5.41, 5.74) is 0. The highest BCUT2D eigenvalue weighted by Gasteiger charge is 2.28. The van der Waals surface area contributed by atoms with Crippen LogP contribution < -0.4 is 0 Å². The summed E-state index contributed by atoms with van der Waals surface area (Å²) >= 11 is 0. The molecule has 0 rings (SSSR count). The van der Waals surface area contributed by atoms with Gasteiger partial charge in [-0.1, -0.05) is 132 Å². The van der Waals surface area contributed by atoms with Crippen molar-refractivity contribution in [2.75, 3.05) is 26.4 Å². The lowest BCUT2D eigenvalue weighted by Crippen LogP contribution is -2.30. The molecule has 0 bridgehead atoms. The molecule has 0 saturated heterocycles. The lowest BCUT2D eigenvalue weighted by molar-refractivity contribution is -0.161. The highest BCUT2D eigenvalue weighted by Crippen LogP contribution is 2.43. The average Bonchev–Trinajstić information content (AvgIpc) is 3.20. The van der Waals surface area contributed by atoms with E-state index in [1.165, 1.54) is 51.0 Å². The summed E-state index contributed by atoms with van der Waals surface area (Å²) in [4.78, 5) is 64.9. The maximum absolute atomic E-state index is 12.6. The van der Waals surface area contributed by atoms with Gasteiger partial charge in [-0.25, -0.2) is 9.13 Å². The van der Waals surface area contributed by atoms with Crippen molar-refractivity contribution in [3.8, 4) is 0 Å². The molecule has 0 aromatic rings. The van der Waals surface area contributed by atoms with Crippen LogP contribution in [0.1, 0.15) is 149 Å². The molecule has 60 heavy (non-hydrogen) atoms. The first-order valence-electron chi connectivity index (χ1n) is 21.6. The van der Waals surface area contributed by atoms with Gasteiger partial charge >= 0.3 is 27.6 Å². The standard InChI is InChI=1S/C44H74O14P2/c1-3-5-7-9-11-13-15-17-18-20-22-24-26-28-30-34-43(47)54-38-42(39-57-60(52,53)56-37-41(46)36-55-59(49,50)51)58-44(48)35-31-33-40(45)32-29-27-25-23-21-19-16-14-12-10-8-6-4-2/h12-15,17-19,21,25,27,29,32,41-42,46H,3-11,16,20,22-24,26,28,30-31,33-39H2,1-2H3,(H,52,53)(H2,49,50,51)/b14-12-,15-13-,18-17-,21-19-,27-25-,32-29+/t41-,42+/m0/s1. The van der Waals surface area contributed by atoms with Gasteiger partial charge in [-0.05, 0) is 70.3 Å². The molecular formula is C44H74O14P2. The Balaban J connectivity index is 4.77. The molecule has 0 aliphatic carbocycles. The van der Waals surface area contributed by atoms with Gasteiger partial charge in [-0.15, -0.1) is 0 Å². The lowest BCUT2D eigenvalue weighted by Gasteiger charge is -2.20. The van der Waals surface area contributed by atoms with E-state index >= 15 is 0 Å². The van der Waals surface area contributed by atoms with Gasteiger partial charge in [0.1, 0.15) is 12.7 Å². The average molecular weight is 889 g/mol. The summed E-state index contributed by atoms with van der Waals surface area (Å²) in [6.45, 7) is 1.40. The zero-order chi connectivity index (χ0) is 44.6. The van der Waals surface area contributed by atoms with Crippen molar-refractivity contribution in [1.82, 2.24) is 0 Å². The first-order valence-corrected chi connectivity index (χ1v) is 24.6. The molecule has 1 unspecified atom stereocenters. The van der Waals surface area contributed by atoms with Gasteiger partial charge in [-0.2, -0.15) is 0 Å². The third-order valence-electron chi connectivity index (χ3n) is 8.56. The molecule has 0 saturated carbocycles. The second kappa shape index (κ2) is 39.1. The normalized spacial score (nSPS) is 14.6. The number of ether oxygens (including phenoxy) is 2. The van der Waals surface area contributed by atoms with Gasteiger partial charge in [0.15, 0.2) is 11.9 Å². The fraction of sp³-hybridized carbons (Fsp3) is 0.659. The summed E-state index contributed by atoms with van der Waals surface area (Å²) < 4.78 is 47.5. The molecule has 0 amide bonds. The van der Waals surface area contributed by atoms with E-state index in [2.05, 4.69) is 71.5 Å². The molecule has 0 aliphatic rings. The number of aliphatic hydroxyl groups is 1. The molecule has 0 radical (unpaired) electrons. The molecule has 0 aromatic heterocycles. The Labute approximate surface area is 359 Å². The van der Waals surface area contributed by atoms with E-state index in [-0.39, 0.29) is 31.5 Å². The quantitative estimate of drug-likeness (QED) is 0.0113. The predicted octanol–water partition coefficient (Wildman–Crippen LogP) is 10.2. The first kappa shape index (κ1) is 57.2. The largest absolute Gasteiger partial charge is 0.472 e. The fourth-order valence-corrected chi connectivity index (χ4v) is 6.39. The molecule has 3 atom stereocenters. The van der Waals surface area contributed by atoms with E-state index in [1.807, 2.05) is 6.08 Å². The summed E-state index contributed by atoms with van der Waals surface area (Å²) in [6.07, 6.45) is 39.0. The number of hydrogen-bond acceptors (Lipinski definition) is 11. The SMILES string of the molecule is CCCCC/C=C\C/C=C\C/C=C\C=C\C(=O)CCCC(=O)O[C@H](COC(=O)CCCCCCC/C=C\C=C/CCCCCC)COP(=O)(O)OC[C@@H](O)COP(=O)(O)O. The van der Waals surface area contributed by atoms with Crippen molar-refractivity contribution >= 4 is 33.4 Å². The molecule has 0 aliphatic heterocycles. The Morgan fingerprint density at radius 1 is 0.533 bits per heavy atom. The van der Waals surface area contributed by atoms with Crippen molar-refractivity contribution in [2.24, 2.45) is 0 Å². The van der Waals surface area contributed by atoms with Crippen molar-refractivity contribution in [3.63, 3.8) is 0 Å². The number of allylic oxidation sites excluding steroid dienone is 12. The van der Waals surface area contributed by atoms with Crippen LogP contribution in [0.4, 0.5) is 0 Å². The number of ketones is 1. The molecule has 344 valence electrons. The minimum atomic E-state index is -4.89. The topological polar surface area (TPSA) is 212 Å². The van der Waals surface area contributed by atoms with Gasteiger partial charge in [0.05, 0.1) is 19.8 Å². The zero-order valence-corrected chi connectivity index (χ0v) is 37.8. The second-order valence-corrected chi connectivity index (χ2v) is 17.0. The highest BCUT2D eigenvalue weighted by molar-refractivity contribution is 7.47. The molecule has 16 heteroatoms. The maximum atomic E-state index is 12.6. The monoisotopic (exact) mass is 888 g/mol. The highest BCUT2D eigenvalue weighted by atomic mass is 31.2. The summed E-state index contributed by atoms with van der Waals surface area (Å²) in [5.74, 6) is -1.50. The van der Waals surface area contributed by atoms with Crippen molar-refractivity contribution in [2.45, 2.75) is 161 Å². The smallest absolute Gasteiger partial charge is 0.462 e. The van der Waals surface area contributed by atoms with Gasteiger partial charge in [-0.3, -0.25) is 28.0 Å². The minimum Gasteiger partial charge on any atom is -0.462 e. The number of aliphatic hydroxyl groups excluding tert-OH is 1. The maximum Gasteiger partial charge on any atom is 0.472 e. The Bertz CT molecular complexity index is 1400. The number of phosphoric ester groups is 2. The van der Waals surface area contributed by atoms with Crippen LogP contribution in [-0.2, 0) is 46.6 Å². The first-order chi connectivity index (χ1) is 28.8. The summed E-state index contributed by atoms with van der Waals surface area (Å²) in [6, 6.07) is 0. The molecule has 0 fully saturated rings. The van der Waals surface area contributed by atoms with Crippen LogP contribution in [0, 0.1) is 0 Å². The predicted molar refractivity (Wildman–Crippen MR) is 235 cm³/mol. The number of rotatable bonds is 40. The van der Waals surface area contributed by atoms with E-state index in [4.69, 9.17) is 23.8 Å². The van der Waals surface area contributed by atoms with Crippen LogP contribution >= 0.6 is 15.6 Å². The second-order valence-electron chi connectivity index (χ2n) is 14.3.